The average molecular weight is 297 g/mol. The molecule has 2 rings (SSSR count). The van der Waals surface area contributed by atoms with Crippen LogP contribution in [0.25, 0.3) is 0 Å². The quantitative estimate of drug-likeness (QED) is 0.843. The summed E-state index contributed by atoms with van der Waals surface area (Å²) in [6, 6.07) is -0.160. The van der Waals surface area contributed by atoms with Crippen LogP contribution in [0, 0.1) is 5.92 Å². The van der Waals surface area contributed by atoms with Crippen LogP contribution in [-0.2, 0) is 9.53 Å². The first kappa shape index (κ1) is 16.2. The Hall–Kier alpha value is -1.14. The molecule has 3 amide bonds. The summed E-state index contributed by atoms with van der Waals surface area (Å²) < 4.78 is 5.33. The smallest absolute Gasteiger partial charge is 0.326 e. The highest BCUT2D eigenvalue weighted by atomic mass is 16.5. The maximum absolute atomic E-state index is 12.2. The van der Waals surface area contributed by atoms with E-state index in [4.69, 9.17) is 4.74 Å². The van der Waals surface area contributed by atoms with Gasteiger partial charge in [-0.05, 0) is 31.6 Å². The van der Waals surface area contributed by atoms with E-state index in [9.17, 15) is 9.59 Å². The maximum Gasteiger partial charge on any atom is 0.326 e. The van der Waals surface area contributed by atoms with E-state index in [0.717, 1.165) is 52.0 Å². The highest BCUT2D eigenvalue weighted by Gasteiger charge is 2.24. The molecule has 0 aromatic carbocycles. The lowest BCUT2D eigenvalue weighted by Crippen LogP contribution is -2.51. The predicted molar refractivity (Wildman–Crippen MR) is 80.0 cm³/mol. The van der Waals surface area contributed by atoms with Crippen LogP contribution in [0.1, 0.15) is 32.1 Å². The Labute approximate surface area is 126 Å². The number of piperazine rings is 1. The van der Waals surface area contributed by atoms with Gasteiger partial charge in [-0.25, -0.2) is 4.79 Å². The molecule has 6 nitrogen and oxygen atoms in total. The summed E-state index contributed by atoms with van der Waals surface area (Å²) in [7, 11) is 1.60. The van der Waals surface area contributed by atoms with Crippen LogP contribution >= 0.6 is 0 Å². The van der Waals surface area contributed by atoms with Gasteiger partial charge in [0, 0.05) is 52.9 Å². The molecule has 0 aromatic rings. The fraction of sp³-hybridized carbons (Fsp3) is 0.867. The molecule has 0 aromatic heterocycles. The van der Waals surface area contributed by atoms with E-state index in [2.05, 4.69) is 5.32 Å². The van der Waals surface area contributed by atoms with E-state index in [1.807, 2.05) is 0 Å². The van der Waals surface area contributed by atoms with Crippen LogP contribution in [0.4, 0.5) is 4.79 Å². The van der Waals surface area contributed by atoms with E-state index in [1.54, 1.807) is 11.9 Å². The Bertz CT molecular complexity index is 350. The van der Waals surface area contributed by atoms with Crippen LogP contribution in [0.5, 0.6) is 0 Å². The van der Waals surface area contributed by atoms with Gasteiger partial charge in [0.2, 0.25) is 5.91 Å². The van der Waals surface area contributed by atoms with Crippen LogP contribution in [-0.4, -0.2) is 68.2 Å². The Balaban J connectivity index is 1.67. The Morgan fingerprint density at radius 1 is 1.24 bits per heavy atom. The summed E-state index contributed by atoms with van der Waals surface area (Å²) in [5, 5.41) is 3.20. The average Bonchev–Trinajstić information content (AvgIpc) is 2.55. The molecule has 1 N–H and O–H groups in total. The number of nitrogens with one attached hydrogen (secondary N) is 1. The van der Waals surface area contributed by atoms with Gasteiger partial charge in [-0.3, -0.25) is 9.69 Å². The SMILES string of the molecule is CN(C(=O)CCCC1CCOCC1)C(=O)N1CCNCC1. The molecule has 0 spiro atoms. The van der Waals surface area contributed by atoms with Gasteiger partial charge in [0.15, 0.2) is 0 Å². The van der Waals surface area contributed by atoms with Crippen molar-refractivity contribution in [1.29, 1.82) is 0 Å². The van der Waals surface area contributed by atoms with Crippen molar-refractivity contribution in [2.24, 2.45) is 5.92 Å². The van der Waals surface area contributed by atoms with Gasteiger partial charge in [0.25, 0.3) is 0 Å². The van der Waals surface area contributed by atoms with Gasteiger partial charge in [0.1, 0.15) is 0 Å². The molecule has 0 saturated carbocycles. The predicted octanol–water partition coefficient (Wildman–Crippen LogP) is 1.07. The highest BCUT2D eigenvalue weighted by molar-refractivity contribution is 5.94. The molecule has 2 aliphatic heterocycles. The number of hydrogen-bond acceptors (Lipinski definition) is 4. The molecular weight excluding hydrogens is 270 g/mol. The Morgan fingerprint density at radius 2 is 1.90 bits per heavy atom. The van der Waals surface area contributed by atoms with E-state index >= 15 is 0 Å². The minimum absolute atomic E-state index is 0.0643. The molecule has 2 heterocycles. The molecule has 6 heteroatoms. The molecule has 2 saturated heterocycles. The number of nitrogens with zero attached hydrogens (tertiary/aromatic N) is 2. The van der Waals surface area contributed by atoms with Gasteiger partial charge in [-0.2, -0.15) is 0 Å². The highest BCUT2D eigenvalue weighted by Crippen LogP contribution is 2.21. The molecular formula is C15H27N3O3. The van der Waals surface area contributed by atoms with Gasteiger partial charge >= 0.3 is 6.03 Å². The molecule has 120 valence electrons. The zero-order chi connectivity index (χ0) is 15.1. The summed E-state index contributed by atoms with van der Waals surface area (Å²) in [6.07, 6.45) is 4.59. The first-order chi connectivity index (χ1) is 10.2. The van der Waals surface area contributed by atoms with E-state index in [1.165, 1.54) is 4.90 Å². The number of rotatable bonds is 4. The number of carbonyl (C=O) groups excluding carboxylic acids is 2. The number of ether oxygens (including phenoxy) is 1. The van der Waals surface area contributed by atoms with Gasteiger partial charge < -0.3 is 15.0 Å². The number of imide groups is 1. The Morgan fingerprint density at radius 3 is 2.57 bits per heavy atom. The summed E-state index contributed by atoms with van der Waals surface area (Å²) in [5.41, 5.74) is 0. The zero-order valence-electron chi connectivity index (χ0n) is 13.0. The second-order valence-electron chi connectivity index (χ2n) is 5.92. The fourth-order valence-electron chi connectivity index (χ4n) is 2.92. The van der Waals surface area contributed by atoms with Crippen molar-refractivity contribution in [1.82, 2.24) is 15.1 Å². The maximum atomic E-state index is 12.2. The summed E-state index contributed by atoms with van der Waals surface area (Å²) >= 11 is 0. The second-order valence-corrected chi connectivity index (χ2v) is 5.92. The van der Waals surface area contributed by atoms with Crippen LogP contribution in [0.2, 0.25) is 0 Å². The van der Waals surface area contributed by atoms with Gasteiger partial charge in [0.05, 0.1) is 0 Å². The van der Waals surface area contributed by atoms with Crippen LogP contribution in [0.15, 0.2) is 0 Å². The van der Waals surface area contributed by atoms with Crippen molar-refractivity contribution in [3.8, 4) is 0 Å². The van der Waals surface area contributed by atoms with Crippen molar-refractivity contribution < 1.29 is 14.3 Å². The van der Waals surface area contributed by atoms with Crippen molar-refractivity contribution in [2.45, 2.75) is 32.1 Å². The largest absolute Gasteiger partial charge is 0.381 e. The van der Waals surface area contributed by atoms with Crippen molar-refractivity contribution in [2.75, 3.05) is 46.4 Å². The van der Waals surface area contributed by atoms with E-state index < -0.39 is 0 Å². The minimum atomic E-state index is -0.160. The first-order valence-corrected chi connectivity index (χ1v) is 8.02. The van der Waals surface area contributed by atoms with Crippen molar-refractivity contribution in [3.05, 3.63) is 0 Å². The van der Waals surface area contributed by atoms with Crippen LogP contribution in [0.3, 0.4) is 0 Å². The number of hydrogen-bond donors (Lipinski definition) is 1. The third-order valence-corrected chi connectivity index (χ3v) is 4.39. The Kier molecular flexibility index (Phi) is 6.45. The molecule has 21 heavy (non-hydrogen) atoms. The van der Waals surface area contributed by atoms with Crippen molar-refractivity contribution >= 4 is 11.9 Å². The zero-order valence-corrected chi connectivity index (χ0v) is 13.0. The monoisotopic (exact) mass is 297 g/mol. The third kappa shape index (κ3) is 4.97. The summed E-state index contributed by atoms with van der Waals surface area (Å²) in [6.45, 7) is 4.66. The number of carbonyl (C=O) groups is 2. The molecule has 0 atom stereocenters. The van der Waals surface area contributed by atoms with Gasteiger partial charge in [-0.1, -0.05) is 0 Å². The van der Waals surface area contributed by atoms with E-state index in [0.29, 0.717) is 25.4 Å². The second kappa shape index (κ2) is 8.34. The van der Waals surface area contributed by atoms with Gasteiger partial charge in [-0.15, -0.1) is 0 Å². The lowest BCUT2D eigenvalue weighted by atomic mass is 9.94. The molecule has 0 radical (unpaired) electrons. The molecule has 0 unspecified atom stereocenters. The number of urea groups is 1. The lowest BCUT2D eigenvalue weighted by molar-refractivity contribution is -0.127. The van der Waals surface area contributed by atoms with Crippen LogP contribution < -0.4 is 5.32 Å². The third-order valence-electron chi connectivity index (χ3n) is 4.39. The number of amides is 3. The fourth-order valence-corrected chi connectivity index (χ4v) is 2.92. The van der Waals surface area contributed by atoms with E-state index in [-0.39, 0.29) is 11.9 Å². The topological polar surface area (TPSA) is 61.9 Å². The first-order valence-electron chi connectivity index (χ1n) is 8.02. The molecule has 2 aliphatic rings. The molecule has 0 bridgehead atoms. The van der Waals surface area contributed by atoms with Crippen molar-refractivity contribution in [3.63, 3.8) is 0 Å². The minimum Gasteiger partial charge on any atom is -0.381 e. The molecule has 2 fully saturated rings. The summed E-state index contributed by atoms with van der Waals surface area (Å²) in [5.74, 6) is 0.617. The standard InChI is InChI=1S/C15H27N3O3/c1-17(15(20)18-9-7-16-8-10-18)14(19)4-2-3-13-5-11-21-12-6-13/h13,16H,2-12H2,1H3. The summed E-state index contributed by atoms with van der Waals surface area (Å²) in [4.78, 5) is 27.3. The lowest BCUT2D eigenvalue weighted by Gasteiger charge is -2.30. The molecule has 0 aliphatic carbocycles. The normalized spacial score (nSPS) is 20.3.